The van der Waals surface area contributed by atoms with E-state index in [1.54, 1.807) is 0 Å². The second kappa shape index (κ2) is 6.58. The number of benzene rings is 2. The first-order valence-corrected chi connectivity index (χ1v) is 6.62. The minimum atomic E-state index is -4.31. The molecule has 0 radical (unpaired) electrons. The molecule has 2 N–H and O–H groups in total. The Morgan fingerprint density at radius 2 is 1.57 bits per heavy atom. The van der Waals surface area contributed by atoms with Gasteiger partial charge in [0.05, 0.1) is 5.56 Å². The molecule has 0 aromatic heterocycles. The highest BCUT2D eigenvalue weighted by Crippen LogP contribution is 2.29. The van der Waals surface area contributed by atoms with Crippen molar-refractivity contribution in [3.05, 3.63) is 65.7 Å². The van der Waals surface area contributed by atoms with Crippen molar-refractivity contribution in [3.8, 4) is 0 Å². The van der Waals surface area contributed by atoms with Crippen LogP contribution in [0.2, 0.25) is 0 Å². The van der Waals surface area contributed by atoms with Crippen molar-refractivity contribution < 1.29 is 13.2 Å². The van der Waals surface area contributed by atoms with E-state index in [4.69, 9.17) is 12.2 Å². The van der Waals surface area contributed by atoms with Crippen LogP contribution in [-0.2, 0) is 12.7 Å². The molecule has 2 aromatic carbocycles. The van der Waals surface area contributed by atoms with E-state index in [2.05, 4.69) is 10.6 Å². The Balaban J connectivity index is 1.87. The predicted octanol–water partition coefficient (Wildman–Crippen LogP) is 4.19. The zero-order valence-electron chi connectivity index (χ0n) is 10.9. The summed E-state index contributed by atoms with van der Waals surface area (Å²) in [5.74, 6) is 0. The molecule has 2 rings (SSSR count). The number of anilines is 1. The predicted molar refractivity (Wildman–Crippen MR) is 80.9 cm³/mol. The lowest BCUT2D eigenvalue weighted by Crippen LogP contribution is -2.27. The molecule has 0 spiro atoms. The molecule has 2 nitrogen and oxygen atoms in total. The number of para-hydroxylation sites is 1. The minimum Gasteiger partial charge on any atom is -0.358 e. The lowest BCUT2D eigenvalue weighted by molar-refractivity contribution is -0.137. The van der Waals surface area contributed by atoms with Gasteiger partial charge in [-0.2, -0.15) is 13.2 Å². The van der Waals surface area contributed by atoms with E-state index < -0.39 is 11.7 Å². The van der Waals surface area contributed by atoms with Crippen LogP contribution in [-0.4, -0.2) is 5.11 Å². The number of halogens is 3. The van der Waals surface area contributed by atoms with Gasteiger partial charge in [-0.3, -0.25) is 0 Å². The Morgan fingerprint density at radius 1 is 0.952 bits per heavy atom. The van der Waals surface area contributed by atoms with Gasteiger partial charge in [-0.15, -0.1) is 0 Å². The van der Waals surface area contributed by atoms with E-state index in [0.29, 0.717) is 11.7 Å². The van der Waals surface area contributed by atoms with Crippen molar-refractivity contribution in [1.82, 2.24) is 5.32 Å². The van der Waals surface area contributed by atoms with Crippen LogP contribution in [0.1, 0.15) is 11.1 Å². The number of rotatable bonds is 3. The summed E-state index contributed by atoms with van der Waals surface area (Å²) in [6.07, 6.45) is -4.31. The van der Waals surface area contributed by atoms with E-state index in [0.717, 1.165) is 23.4 Å². The summed E-state index contributed by atoms with van der Waals surface area (Å²) in [6.45, 7) is 0.358. The van der Waals surface area contributed by atoms with Crippen molar-refractivity contribution in [2.75, 3.05) is 5.32 Å². The Morgan fingerprint density at radius 3 is 2.14 bits per heavy atom. The number of nitrogens with one attached hydrogen (secondary N) is 2. The third-order valence-electron chi connectivity index (χ3n) is 2.77. The van der Waals surface area contributed by atoms with Crippen molar-refractivity contribution in [1.29, 1.82) is 0 Å². The van der Waals surface area contributed by atoms with E-state index in [1.807, 2.05) is 30.3 Å². The van der Waals surface area contributed by atoms with Crippen LogP contribution in [0.5, 0.6) is 0 Å². The fourth-order valence-electron chi connectivity index (χ4n) is 1.69. The first kappa shape index (κ1) is 15.3. The largest absolute Gasteiger partial charge is 0.416 e. The average Bonchev–Trinajstić information content (AvgIpc) is 2.46. The molecule has 6 heteroatoms. The molecule has 110 valence electrons. The Hall–Kier alpha value is -2.08. The summed E-state index contributed by atoms with van der Waals surface area (Å²) in [5, 5.41) is 6.35. The minimum absolute atomic E-state index is 0.358. The summed E-state index contributed by atoms with van der Waals surface area (Å²) in [7, 11) is 0. The summed E-state index contributed by atoms with van der Waals surface area (Å²) in [5.41, 5.74) is 0.916. The van der Waals surface area contributed by atoms with Crippen molar-refractivity contribution in [2.24, 2.45) is 0 Å². The lowest BCUT2D eigenvalue weighted by atomic mass is 10.1. The van der Waals surface area contributed by atoms with Crippen LogP contribution in [0.3, 0.4) is 0 Å². The van der Waals surface area contributed by atoms with Gasteiger partial charge < -0.3 is 10.6 Å². The molecule has 21 heavy (non-hydrogen) atoms. The Bertz CT molecular complexity index is 595. The Kier molecular flexibility index (Phi) is 4.80. The van der Waals surface area contributed by atoms with Gasteiger partial charge >= 0.3 is 6.18 Å². The summed E-state index contributed by atoms with van der Waals surface area (Å²) in [6, 6.07) is 14.4. The van der Waals surface area contributed by atoms with Crippen molar-refractivity contribution in [2.45, 2.75) is 12.7 Å². The monoisotopic (exact) mass is 310 g/mol. The molecular weight excluding hydrogens is 297 g/mol. The van der Waals surface area contributed by atoms with Gasteiger partial charge in [-0.1, -0.05) is 30.3 Å². The molecule has 2 aromatic rings. The highest BCUT2D eigenvalue weighted by molar-refractivity contribution is 7.80. The van der Waals surface area contributed by atoms with Gasteiger partial charge in [-0.25, -0.2) is 0 Å². The average molecular weight is 310 g/mol. The molecule has 0 unspecified atom stereocenters. The third kappa shape index (κ3) is 4.75. The fraction of sp³-hybridized carbons (Fsp3) is 0.133. The number of hydrogen-bond donors (Lipinski definition) is 2. The highest BCUT2D eigenvalue weighted by Gasteiger charge is 2.29. The summed E-state index contributed by atoms with van der Waals surface area (Å²) < 4.78 is 37.3. The van der Waals surface area contributed by atoms with Gasteiger partial charge in [0.1, 0.15) is 0 Å². The third-order valence-corrected chi connectivity index (χ3v) is 3.01. The first-order valence-electron chi connectivity index (χ1n) is 6.21. The van der Waals surface area contributed by atoms with Crippen LogP contribution in [0.15, 0.2) is 54.6 Å². The molecule has 0 bridgehead atoms. The maximum Gasteiger partial charge on any atom is 0.416 e. The molecule has 0 saturated heterocycles. The van der Waals surface area contributed by atoms with E-state index >= 15 is 0 Å². The first-order chi connectivity index (χ1) is 9.95. The summed E-state index contributed by atoms with van der Waals surface area (Å²) >= 11 is 5.12. The number of alkyl halides is 3. The van der Waals surface area contributed by atoms with Crippen molar-refractivity contribution >= 4 is 23.0 Å². The lowest BCUT2D eigenvalue weighted by Gasteiger charge is -2.11. The second-order valence-corrected chi connectivity index (χ2v) is 4.78. The van der Waals surface area contributed by atoms with Crippen LogP contribution >= 0.6 is 12.2 Å². The molecule has 0 aliphatic carbocycles. The van der Waals surface area contributed by atoms with Gasteiger partial charge in [0.2, 0.25) is 0 Å². The van der Waals surface area contributed by atoms with Gasteiger partial charge in [-0.05, 0) is 42.0 Å². The number of thiocarbonyl (C=S) groups is 1. The molecule has 0 atom stereocenters. The zero-order chi connectivity index (χ0) is 15.3. The second-order valence-electron chi connectivity index (χ2n) is 4.37. The fourth-order valence-corrected chi connectivity index (χ4v) is 1.88. The van der Waals surface area contributed by atoms with E-state index in [1.165, 1.54) is 12.1 Å². The molecule has 0 saturated carbocycles. The van der Waals surface area contributed by atoms with Crippen LogP contribution in [0.25, 0.3) is 0 Å². The van der Waals surface area contributed by atoms with Crippen molar-refractivity contribution in [3.63, 3.8) is 0 Å². The smallest absolute Gasteiger partial charge is 0.358 e. The van der Waals surface area contributed by atoms with Crippen LogP contribution in [0, 0.1) is 0 Å². The standard InChI is InChI=1S/C15H13F3N2S/c16-15(17,18)12-8-6-11(7-9-12)10-19-14(21)20-13-4-2-1-3-5-13/h1-9H,10H2,(H2,19,20,21). The van der Waals surface area contributed by atoms with Crippen LogP contribution in [0.4, 0.5) is 18.9 Å². The highest BCUT2D eigenvalue weighted by atomic mass is 32.1. The Labute approximate surface area is 126 Å². The number of hydrogen-bond acceptors (Lipinski definition) is 1. The topological polar surface area (TPSA) is 24.1 Å². The molecule has 0 amide bonds. The zero-order valence-corrected chi connectivity index (χ0v) is 11.8. The SMILES string of the molecule is FC(F)(F)c1ccc(CNC(=S)Nc2ccccc2)cc1. The molecule has 0 heterocycles. The maximum absolute atomic E-state index is 12.4. The maximum atomic E-state index is 12.4. The normalized spacial score (nSPS) is 11.0. The van der Waals surface area contributed by atoms with Gasteiger partial charge in [0, 0.05) is 12.2 Å². The summed E-state index contributed by atoms with van der Waals surface area (Å²) in [4.78, 5) is 0. The quantitative estimate of drug-likeness (QED) is 0.831. The molecule has 0 fully saturated rings. The van der Waals surface area contributed by atoms with Gasteiger partial charge in [0.15, 0.2) is 5.11 Å². The molecule has 0 aliphatic rings. The van der Waals surface area contributed by atoms with Crippen LogP contribution < -0.4 is 10.6 Å². The van der Waals surface area contributed by atoms with Gasteiger partial charge in [0.25, 0.3) is 0 Å². The molecule has 0 aliphatic heterocycles. The van der Waals surface area contributed by atoms with E-state index in [9.17, 15) is 13.2 Å². The molecular formula is C15H13F3N2S. The van der Waals surface area contributed by atoms with E-state index in [-0.39, 0.29) is 0 Å².